The van der Waals surface area contributed by atoms with Crippen molar-refractivity contribution < 1.29 is 4.74 Å². The summed E-state index contributed by atoms with van der Waals surface area (Å²) in [7, 11) is 1.84. The maximum Gasteiger partial charge on any atom is 0.226 e. The molecule has 0 aliphatic carbocycles. The summed E-state index contributed by atoms with van der Waals surface area (Å²) in [5.74, 6) is 2.74. The number of hydrogen-bond acceptors (Lipinski definition) is 5. The van der Waals surface area contributed by atoms with Gasteiger partial charge >= 0.3 is 0 Å². The number of nitrogens with zero attached hydrogens (tertiary/aromatic N) is 4. The van der Waals surface area contributed by atoms with Crippen molar-refractivity contribution in [3.05, 3.63) is 23.7 Å². The Morgan fingerprint density at radius 2 is 2.05 bits per heavy atom. The average molecular weight is 261 g/mol. The third-order valence-corrected chi connectivity index (χ3v) is 2.59. The molecule has 0 saturated carbocycles. The molecular weight excluding hydrogens is 242 g/mol. The summed E-state index contributed by atoms with van der Waals surface area (Å²) in [4.78, 5) is 8.75. The first kappa shape index (κ1) is 13.3. The second-order valence-electron chi connectivity index (χ2n) is 4.24. The molecule has 2 rings (SSSR count). The van der Waals surface area contributed by atoms with Crippen molar-refractivity contribution in [1.29, 1.82) is 0 Å². The van der Waals surface area contributed by atoms with Crippen molar-refractivity contribution >= 4 is 5.82 Å². The first-order chi connectivity index (χ1) is 9.12. The second kappa shape index (κ2) is 5.69. The van der Waals surface area contributed by atoms with E-state index in [0.29, 0.717) is 11.8 Å². The van der Waals surface area contributed by atoms with Crippen LogP contribution < -0.4 is 10.1 Å². The van der Waals surface area contributed by atoms with E-state index in [-0.39, 0.29) is 0 Å². The molecule has 0 saturated heterocycles. The van der Waals surface area contributed by atoms with E-state index in [9.17, 15) is 0 Å². The number of rotatable bonds is 5. The smallest absolute Gasteiger partial charge is 0.226 e. The van der Waals surface area contributed by atoms with Crippen LogP contribution in [0.25, 0.3) is 0 Å². The monoisotopic (exact) mass is 261 g/mol. The van der Waals surface area contributed by atoms with Gasteiger partial charge in [0.25, 0.3) is 0 Å². The van der Waals surface area contributed by atoms with E-state index in [4.69, 9.17) is 4.74 Å². The van der Waals surface area contributed by atoms with Gasteiger partial charge in [0.15, 0.2) is 0 Å². The zero-order chi connectivity index (χ0) is 13.8. The molecule has 2 aromatic rings. The SMILES string of the molecule is CCNc1cc(Oc2cc(C)nn2C)nc(CC)n1. The van der Waals surface area contributed by atoms with E-state index in [0.717, 1.165) is 30.3 Å². The highest BCUT2D eigenvalue weighted by atomic mass is 16.5. The van der Waals surface area contributed by atoms with Crippen LogP contribution in [0.3, 0.4) is 0 Å². The van der Waals surface area contributed by atoms with Crippen LogP contribution in [-0.2, 0) is 13.5 Å². The Labute approximate surface area is 112 Å². The Bertz CT molecular complexity index is 564. The minimum Gasteiger partial charge on any atom is -0.421 e. The van der Waals surface area contributed by atoms with E-state index in [1.807, 2.05) is 33.9 Å². The lowest BCUT2D eigenvalue weighted by molar-refractivity contribution is 0.413. The summed E-state index contributed by atoms with van der Waals surface area (Å²) in [6.45, 7) is 6.78. The zero-order valence-electron chi connectivity index (χ0n) is 11.8. The van der Waals surface area contributed by atoms with Crippen molar-refractivity contribution in [2.75, 3.05) is 11.9 Å². The van der Waals surface area contributed by atoms with Gasteiger partial charge in [-0.05, 0) is 13.8 Å². The van der Waals surface area contributed by atoms with E-state index in [2.05, 4.69) is 20.4 Å². The van der Waals surface area contributed by atoms with Crippen LogP contribution in [0.1, 0.15) is 25.4 Å². The first-order valence-corrected chi connectivity index (χ1v) is 6.42. The molecule has 0 aliphatic heterocycles. The van der Waals surface area contributed by atoms with Gasteiger partial charge < -0.3 is 10.1 Å². The highest BCUT2D eigenvalue weighted by Crippen LogP contribution is 2.22. The fraction of sp³-hybridized carbons (Fsp3) is 0.462. The first-order valence-electron chi connectivity index (χ1n) is 6.42. The second-order valence-corrected chi connectivity index (χ2v) is 4.24. The molecular formula is C13H19N5O. The summed E-state index contributed by atoms with van der Waals surface area (Å²) in [5, 5.41) is 7.42. The summed E-state index contributed by atoms with van der Waals surface area (Å²) in [6.07, 6.45) is 0.764. The van der Waals surface area contributed by atoms with Crippen molar-refractivity contribution in [3.63, 3.8) is 0 Å². The Balaban J connectivity index is 2.28. The Morgan fingerprint density at radius 3 is 2.63 bits per heavy atom. The quantitative estimate of drug-likeness (QED) is 0.894. The summed E-state index contributed by atoms with van der Waals surface area (Å²) in [6, 6.07) is 3.67. The van der Waals surface area contributed by atoms with Gasteiger partial charge in [0.1, 0.15) is 11.6 Å². The summed E-state index contributed by atoms with van der Waals surface area (Å²) < 4.78 is 7.46. The lowest BCUT2D eigenvalue weighted by Gasteiger charge is -2.09. The van der Waals surface area contributed by atoms with Crippen molar-refractivity contribution in [1.82, 2.24) is 19.7 Å². The van der Waals surface area contributed by atoms with Gasteiger partial charge in [-0.25, -0.2) is 9.67 Å². The van der Waals surface area contributed by atoms with Gasteiger partial charge in [-0.15, -0.1) is 0 Å². The molecule has 0 atom stereocenters. The minimum absolute atomic E-state index is 0.533. The molecule has 2 heterocycles. The molecule has 2 aromatic heterocycles. The van der Waals surface area contributed by atoms with Crippen LogP contribution >= 0.6 is 0 Å². The predicted octanol–water partition coefficient (Wildman–Crippen LogP) is 2.31. The molecule has 6 nitrogen and oxygen atoms in total. The topological polar surface area (TPSA) is 64.9 Å². The standard InChI is InChI=1S/C13H19N5O/c1-5-10-15-11(14-6-2)8-12(16-10)19-13-7-9(3)17-18(13)4/h7-8H,5-6H2,1-4H3,(H,14,15,16). The molecule has 0 radical (unpaired) electrons. The largest absolute Gasteiger partial charge is 0.421 e. The fourth-order valence-corrected chi connectivity index (χ4v) is 1.74. The minimum atomic E-state index is 0.533. The average Bonchev–Trinajstić information content (AvgIpc) is 2.68. The highest BCUT2D eigenvalue weighted by Gasteiger charge is 2.08. The summed E-state index contributed by atoms with van der Waals surface area (Å²) >= 11 is 0. The van der Waals surface area contributed by atoms with Crippen LogP contribution in [0.2, 0.25) is 0 Å². The van der Waals surface area contributed by atoms with Crippen molar-refractivity contribution in [3.8, 4) is 11.8 Å². The van der Waals surface area contributed by atoms with Crippen LogP contribution in [-0.4, -0.2) is 26.3 Å². The third kappa shape index (κ3) is 3.21. The molecule has 0 aliphatic rings. The zero-order valence-corrected chi connectivity index (χ0v) is 11.8. The van der Waals surface area contributed by atoms with Gasteiger partial charge in [-0.2, -0.15) is 10.1 Å². The number of aromatic nitrogens is 4. The van der Waals surface area contributed by atoms with Crippen LogP contribution in [0.15, 0.2) is 12.1 Å². The van der Waals surface area contributed by atoms with Crippen LogP contribution in [0.5, 0.6) is 11.8 Å². The van der Waals surface area contributed by atoms with E-state index < -0.39 is 0 Å². The van der Waals surface area contributed by atoms with Gasteiger partial charge in [-0.3, -0.25) is 0 Å². The number of nitrogens with one attached hydrogen (secondary N) is 1. The van der Waals surface area contributed by atoms with Crippen LogP contribution in [0, 0.1) is 6.92 Å². The Hall–Kier alpha value is -2.11. The Morgan fingerprint density at radius 1 is 1.26 bits per heavy atom. The highest BCUT2D eigenvalue weighted by molar-refractivity contribution is 5.39. The van der Waals surface area contributed by atoms with Gasteiger partial charge in [0, 0.05) is 32.1 Å². The Kier molecular flexibility index (Phi) is 3.99. The molecule has 0 fully saturated rings. The molecule has 0 amide bonds. The molecule has 0 aromatic carbocycles. The summed E-state index contributed by atoms with van der Waals surface area (Å²) in [5.41, 5.74) is 0.911. The van der Waals surface area contributed by atoms with Gasteiger partial charge in [-0.1, -0.05) is 6.92 Å². The third-order valence-electron chi connectivity index (χ3n) is 2.59. The lowest BCUT2D eigenvalue weighted by atomic mass is 10.4. The number of anilines is 1. The normalized spacial score (nSPS) is 10.5. The van der Waals surface area contributed by atoms with Crippen molar-refractivity contribution in [2.24, 2.45) is 7.05 Å². The fourth-order valence-electron chi connectivity index (χ4n) is 1.74. The number of ether oxygens (including phenoxy) is 1. The van der Waals surface area contributed by atoms with Gasteiger partial charge in [0.2, 0.25) is 11.8 Å². The molecule has 0 unspecified atom stereocenters. The predicted molar refractivity (Wildman–Crippen MR) is 73.6 cm³/mol. The molecule has 19 heavy (non-hydrogen) atoms. The maximum atomic E-state index is 5.77. The molecule has 102 valence electrons. The lowest BCUT2D eigenvalue weighted by Crippen LogP contribution is -2.05. The molecule has 1 N–H and O–H groups in total. The number of hydrogen-bond donors (Lipinski definition) is 1. The molecule has 0 spiro atoms. The maximum absolute atomic E-state index is 5.77. The van der Waals surface area contributed by atoms with Crippen LogP contribution in [0.4, 0.5) is 5.82 Å². The molecule has 0 bridgehead atoms. The number of aryl methyl sites for hydroxylation is 3. The molecule has 6 heteroatoms. The van der Waals surface area contributed by atoms with Crippen molar-refractivity contribution in [2.45, 2.75) is 27.2 Å². The van der Waals surface area contributed by atoms with E-state index in [1.54, 1.807) is 10.7 Å². The van der Waals surface area contributed by atoms with E-state index >= 15 is 0 Å². The van der Waals surface area contributed by atoms with Gasteiger partial charge in [0.05, 0.1) is 5.69 Å². The van der Waals surface area contributed by atoms with E-state index in [1.165, 1.54) is 0 Å².